The first kappa shape index (κ1) is 22.6. The van der Waals surface area contributed by atoms with Crippen LogP contribution in [0.15, 0.2) is 33.9 Å². The Bertz CT molecular complexity index is 1150. The van der Waals surface area contributed by atoms with Crippen LogP contribution in [0.2, 0.25) is 5.02 Å². The number of aromatic nitrogens is 2. The topological polar surface area (TPSA) is 101 Å². The van der Waals surface area contributed by atoms with Gasteiger partial charge in [-0.05, 0) is 50.3 Å². The lowest BCUT2D eigenvalue weighted by atomic mass is 10.1. The lowest BCUT2D eigenvalue weighted by Gasteiger charge is -2.09. The molecule has 0 fully saturated rings. The van der Waals surface area contributed by atoms with Crippen LogP contribution in [0, 0.1) is 11.3 Å². The van der Waals surface area contributed by atoms with Gasteiger partial charge < -0.3 is 14.5 Å². The average molecular weight is 489 g/mol. The number of aryl methyl sites for hydroxylation is 1. The van der Waals surface area contributed by atoms with Crippen molar-refractivity contribution in [2.45, 2.75) is 56.1 Å². The fourth-order valence-corrected chi connectivity index (χ4v) is 5.55. The maximum absolute atomic E-state index is 12.8. The molecule has 32 heavy (non-hydrogen) atoms. The van der Waals surface area contributed by atoms with Crippen LogP contribution >= 0.6 is 34.7 Å². The van der Waals surface area contributed by atoms with Crippen molar-refractivity contribution < 1.29 is 13.9 Å². The van der Waals surface area contributed by atoms with E-state index in [1.807, 2.05) is 12.1 Å². The lowest BCUT2D eigenvalue weighted by Crippen LogP contribution is -2.22. The SMILES string of the molecule is CC(Sc1nnc(COc2ccccc2Cl)o1)C(=O)Nc1sc2c(c1C#N)CCCCC2. The van der Waals surface area contributed by atoms with E-state index in [-0.39, 0.29) is 23.6 Å². The Hall–Kier alpha value is -2.54. The predicted molar refractivity (Wildman–Crippen MR) is 124 cm³/mol. The molecular formula is C22H21ClN4O3S2. The molecule has 1 atom stereocenters. The molecule has 1 amide bonds. The molecule has 1 aliphatic carbocycles. The molecule has 166 valence electrons. The van der Waals surface area contributed by atoms with Gasteiger partial charge in [0.05, 0.1) is 15.8 Å². The van der Waals surface area contributed by atoms with E-state index in [0.29, 0.717) is 21.3 Å². The highest BCUT2D eigenvalue weighted by Crippen LogP contribution is 2.37. The van der Waals surface area contributed by atoms with Gasteiger partial charge in [0.25, 0.3) is 11.1 Å². The van der Waals surface area contributed by atoms with Gasteiger partial charge in [0.1, 0.15) is 16.8 Å². The highest BCUT2D eigenvalue weighted by Gasteiger charge is 2.24. The average Bonchev–Trinajstić information content (AvgIpc) is 3.29. The minimum absolute atomic E-state index is 0.0736. The van der Waals surface area contributed by atoms with Gasteiger partial charge in [0, 0.05) is 4.88 Å². The third-order valence-electron chi connectivity index (χ3n) is 5.05. The Kier molecular flexibility index (Phi) is 7.35. The van der Waals surface area contributed by atoms with Crippen molar-refractivity contribution >= 4 is 45.6 Å². The highest BCUT2D eigenvalue weighted by molar-refractivity contribution is 8.00. The first-order valence-electron chi connectivity index (χ1n) is 10.3. The number of nitrogens with zero attached hydrogens (tertiary/aromatic N) is 3. The summed E-state index contributed by atoms with van der Waals surface area (Å²) in [5, 5.41) is 21.4. The number of ether oxygens (including phenoxy) is 1. The molecule has 0 radical (unpaired) electrons. The second kappa shape index (κ2) is 10.4. The number of rotatable bonds is 7. The zero-order valence-corrected chi connectivity index (χ0v) is 19.8. The van der Waals surface area contributed by atoms with E-state index in [1.54, 1.807) is 19.1 Å². The van der Waals surface area contributed by atoms with Crippen LogP contribution in [0.4, 0.5) is 5.00 Å². The first-order chi connectivity index (χ1) is 15.5. The Morgan fingerprint density at radius 2 is 2.16 bits per heavy atom. The second-order valence-corrected chi connectivity index (χ2v) is 10.1. The molecule has 7 nitrogen and oxygen atoms in total. The largest absolute Gasteiger partial charge is 0.482 e. The number of hydrogen-bond donors (Lipinski definition) is 1. The number of benzene rings is 1. The van der Waals surface area contributed by atoms with Gasteiger partial charge in [-0.25, -0.2) is 0 Å². The van der Waals surface area contributed by atoms with Gasteiger partial charge in [-0.1, -0.05) is 41.9 Å². The second-order valence-electron chi connectivity index (χ2n) is 7.31. The third kappa shape index (κ3) is 5.26. The summed E-state index contributed by atoms with van der Waals surface area (Å²) in [7, 11) is 0. The van der Waals surface area contributed by atoms with E-state index in [9.17, 15) is 10.1 Å². The van der Waals surface area contributed by atoms with Crippen molar-refractivity contribution in [2.75, 3.05) is 5.32 Å². The van der Waals surface area contributed by atoms with Crippen LogP contribution in [0.3, 0.4) is 0 Å². The minimum atomic E-state index is -0.485. The van der Waals surface area contributed by atoms with E-state index in [0.717, 1.165) is 43.0 Å². The van der Waals surface area contributed by atoms with Crippen LogP contribution in [0.25, 0.3) is 0 Å². The number of halogens is 1. The van der Waals surface area contributed by atoms with Gasteiger partial charge in [-0.3, -0.25) is 4.79 Å². The standard InChI is InChI=1S/C22H21ClN4O3S2/c1-13(20(28)25-21-15(11-24)14-7-3-2-4-10-18(14)32-21)31-22-27-26-19(30-22)12-29-17-9-6-5-8-16(17)23/h5-6,8-9,13H,2-4,7,10,12H2,1H3,(H,25,28). The molecule has 0 spiro atoms. The number of carbonyl (C=O) groups is 1. The molecule has 1 aromatic carbocycles. The Labute approximate surface area is 199 Å². The maximum atomic E-state index is 12.8. The van der Waals surface area contributed by atoms with Gasteiger partial charge in [0.2, 0.25) is 5.91 Å². The van der Waals surface area contributed by atoms with Gasteiger partial charge in [0.15, 0.2) is 6.61 Å². The van der Waals surface area contributed by atoms with Crippen molar-refractivity contribution in [2.24, 2.45) is 0 Å². The lowest BCUT2D eigenvalue weighted by molar-refractivity contribution is -0.115. The number of para-hydroxylation sites is 1. The van der Waals surface area contributed by atoms with Crippen molar-refractivity contribution in [3.63, 3.8) is 0 Å². The van der Waals surface area contributed by atoms with Crippen LogP contribution < -0.4 is 10.1 Å². The summed E-state index contributed by atoms with van der Waals surface area (Å²) in [6, 6.07) is 9.40. The summed E-state index contributed by atoms with van der Waals surface area (Å²) >= 11 is 8.74. The molecule has 2 aromatic heterocycles. The summed E-state index contributed by atoms with van der Waals surface area (Å²) in [6.45, 7) is 1.83. The Morgan fingerprint density at radius 1 is 1.34 bits per heavy atom. The molecule has 1 unspecified atom stereocenters. The van der Waals surface area contributed by atoms with E-state index >= 15 is 0 Å². The number of nitriles is 1. The van der Waals surface area contributed by atoms with Crippen LogP contribution in [-0.2, 0) is 24.2 Å². The summed E-state index contributed by atoms with van der Waals surface area (Å²) in [5.74, 6) is 0.598. The van der Waals surface area contributed by atoms with Crippen LogP contribution in [-0.4, -0.2) is 21.4 Å². The minimum Gasteiger partial charge on any atom is -0.482 e. The third-order valence-corrected chi connectivity index (χ3v) is 7.51. The maximum Gasteiger partial charge on any atom is 0.277 e. The number of nitrogens with one attached hydrogen (secondary N) is 1. The number of hydrogen-bond acceptors (Lipinski definition) is 8. The molecule has 4 rings (SSSR count). The molecular weight excluding hydrogens is 468 g/mol. The van der Waals surface area contributed by atoms with E-state index in [1.165, 1.54) is 22.6 Å². The monoisotopic (exact) mass is 488 g/mol. The molecule has 0 saturated carbocycles. The van der Waals surface area contributed by atoms with Crippen molar-refractivity contribution in [1.82, 2.24) is 10.2 Å². The Balaban J connectivity index is 1.35. The quantitative estimate of drug-likeness (QED) is 0.340. The zero-order valence-electron chi connectivity index (χ0n) is 17.4. The molecule has 10 heteroatoms. The number of amides is 1. The fraction of sp³-hybridized carbons (Fsp3) is 0.364. The summed E-state index contributed by atoms with van der Waals surface area (Å²) in [6.07, 6.45) is 5.25. The predicted octanol–water partition coefficient (Wildman–Crippen LogP) is 5.62. The summed E-state index contributed by atoms with van der Waals surface area (Å²) in [5.41, 5.74) is 1.71. The van der Waals surface area contributed by atoms with Gasteiger partial charge in [-0.2, -0.15) is 5.26 Å². The molecule has 0 saturated heterocycles. The highest BCUT2D eigenvalue weighted by atomic mass is 35.5. The molecule has 0 aliphatic heterocycles. The van der Waals surface area contributed by atoms with Crippen molar-refractivity contribution in [3.05, 3.63) is 51.2 Å². The number of carbonyl (C=O) groups excluding carboxylic acids is 1. The summed E-state index contributed by atoms with van der Waals surface area (Å²) in [4.78, 5) is 14.0. The fourth-order valence-electron chi connectivity index (χ4n) is 3.41. The molecule has 1 aliphatic rings. The summed E-state index contributed by atoms with van der Waals surface area (Å²) < 4.78 is 11.2. The van der Waals surface area contributed by atoms with E-state index < -0.39 is 5.25 Å². The van der Waals surface area contributed by atoms with Crippen LogP contribution in [0.5, 0.6) is 5.75 Å². The van der Waals surface area contributed by atoms with Crippen molar-refractivity contribution in [3.8, 4) is 11.8 Å². The number of thiophene rings is 1. The van der Waals surface area contributed by atoms with Gasteiger partial charge >= 0.3 is 0 Å². The van der Waals surface area contributed by atoms with Gasteiger partial charge in [-0.15, -0.1) is 21.5 Å². The van der Waals surface area contributed by atoms with E-state index in [2.05, 4.69) is 21.6 Å². The zero-order chi connectivity index (χ0) is 22.5. The molecule has 3 aromatic rings. The molecule has 2 heterocycles. The van der Waals surface area contributed by atoms with Crippen molar-refractivity contribution in [1.29, 1.82) is 5.26 Å². The normalized spacial score (nSPS) is 14.2. The number of fused-ring (bicyclic) bond motifs is 1. The van der Waals surface area contributed by atoms with E-state index in [4.69, 9.17) is 20.8 Å². The number of anilines is 1. The molecule has 0 bridgehead atoms. The Morgan fingerprint density at radius 3 is 2.97 bits per heavy atom. The smallest absolute Gasteiger partial charge is 0.277 e. The molecule has 1 N–H and O–H groups in total. The van der Waals surface area contributed by atoms with Crippen LogP contribution in [0.1, 0.15) is 48.1 Å². The number of thioether (sulfide) groups is 1. The first-order valence-corrected chi connectivity index (χ1v) is 12.3.